The van der Waals surface area contributed by atoms with Gasteiger partial charge in [-0.2, -0.15) is 0 Å². The van der Waals surface area contributed by atoms with Crippen molar-refractivity contribution in [2.24, 2.45) is 0 Å². The van der Waals surface area contributed by atoms with E-state index in [0.29, 0.717) is 21.8 Å². The third kappa shape index (κ3) is 4.43. The van der Waals surface area contributed by atoms with Crippen LogP contribution in [0.4, 0.5) is 5.69 Å². The standard InChI is InChI=1S/C26H20ClNO2/c27-22-15-16-24(23(17-22)25(29)20-9-5-2-6-10-20)28-26(30)21-13-11-19(12-14-21)18-7-3-1-4-8-18/h1-17,25,29H,(H,28,30). The molecule has 1 unspecified atom stereocenters. The topological polar surface area (TPSA) is 49.3 Å². The molecule has 0 aromatic heterocycles. The largest absolute Gasteiger partial charge is 0.384 e. The van der Waals surface area contributed by atoms with Gasteiger partial charge in [0.2, 0.25) is 0 Å². The molecule has 3 nitrogen and oxygen atoms in total. The van der Waals surface area contributed by atoms with Gasteiger partial charge in [0.05, 0.1) is 0 Å². The molecule has 4 aromatic carbocycles. The fraction of sp³-hybridized carbons (Fsp3) is 0.0385. The van der Waals surface area contributed by atoms with Crippen molar-refractivity contribution in [3.05, 3.63) is 125 Å². The predicted molar refractivity (Wildman–Crippen MR) is 122 cm³/mol. The van der Waals surface area contributed by atoms with Gasteiger partial charge >= 0.3 is 0 Å². The van der Waals surface area contributed by atoms with Crippen LogP contribution in [-0.2, 0) is 0 Å². The number of aliphatic hydroxyl groups excluding tert-OH is 1. The van der Waals surface area contributed by atoms with E-state index in [-0.39, 0.29) is 5.91 Å². The number of aliphatic hydroxyl groups is 1. The molecule has 0 aliphatic rings. The number of anilines is 1. The molecule has 0 saturated carbocycles. The average molecular weight is 414 g/mol. The van der Waals surface area contributed by atoms with Gasteiger partial charge in [-0.05, 0) is 47.0 Å². The van der Waals surface area contributed by atoms with Crippen molar-refractivity contribution >= 4 is 23.2 Å². The number of amides is 1. The van der Waals surface area contributed by atoms with Gasteiger partial charge in [-0.25, -0.2) is 0 Å². The summed E-state index contributed by atoms with van der Waals surface area (Å²) in [6.45, 7) is 0. The van der Waals surface area contributed by atoms with Crippen molar-refractivity contribution in [2.45, 2.75) is 6.10 Å². The molecule has 30 heavy (non-hydrogen) atoms. The zero-order valence-electron chi connectivity index (χ0n) is 16.1. The Morgan fingerprint density at radius 3 is 2.03 bits per heavy atom. The van der Waals surface area contributed by atoms with Crippen LogP contribution >= 0.6 is 11.6 Å². The van der Waals surface area contributed by atoms with E-state index in [0.717, 1.165) is 16.7 Å². The Morgan fingerprint density at radius 1 is 0.767 bits per heavy atom. The molecular formula is C26H20ClNO2. The van der Waals surface area contributed by atoms with Crippen LogP contribution < -0.4 is 5.32 Å². The highest BCUT2D eigenvalue weighted by Crippen LogP contribution is 2.31. The van der Waals surface area contributed by atoms with Gasteiger partial charge in [0.15, 0.2) is 0 Å². The predicted octanol–water partition coefficient (Wildman–Crippen LogP) is 6.34. The molecule has 1 amide bonds. The normalized spacial score (nSPS) is 11.7. The van der Waals surface area contributed by atoms with Crippen LogP contribution in [0.15, 0.2) is 103 Å². The summed E-state index contributed by atoms with van der Waals surface area (Å²) in [5.41, 5.74) is 4.46. The summed E-state index contributed by atoms with van der Waals surface area (Å²) in [5.74, 6) is -0.251. The summed E-state index contributed by atoms with van der Waals surface area (Å²) in [6.07, 6.45) is -0.902. The smallest absolute Gasteiger partial charge is 0.255 e. The van der Waals surface area contributed by atoms with Gasteiger partial charge in [-0.3, -0.25) is 4.79 Å². The molecule has 0 bridgehead atoms. The lowest BCUT2D eigenvalue weighted by Crippen LogP contribution is -2.14. The highest BCUT2D eigenvalue weighted by atomic mass is 35.5. The van der Waals surface area contributed by atoms with Crippen LogP contribution in [0.3, 0.4) is 0 Å². The monoisotopic (exact) mass is 413 g/mol. The molecule has 0 spiro atoms. The van der Waals surface area contributed by atoms with Crippen molar-refractivity contribution in [2.75, 3.05) is 5.32 Å². The second kappa shape index (κ2) is 8.95. The van der Waals surface area contributed by atoms with E-state index in [2.05, 4.69) is 5.32 Å². The van der Waals surface area contributed by atoms with Crippen molar-refractivity contribution in [1.82, 2.24) is 0 Å². The lowest BCUT2D eigenvalue weighted by atomic mass is 9.99. The Morgan fingerprint density at radius 2 is 1.37 bits per heavy atom. The number of hydrogen-bond donors (Lipinski definition) is 2. The highest BCUT2D eigenvalue weighted by molar-refractivity contribution is 6.30. The van der Waals surface area contributed by atoms with Crippen LogP contribution in [0.2, 0.25) is 5.02 Å². The van der Waals surface area contributed by atoms with Gasteiger partial charge in [0.25, 0.3) is 5.91 Å². The van der Waals surface area contributed by atoms with Crippen molar-refractivity contribution in [3.8, 4) is 11.1 Å². The van der Waals surface area contributed by atoms with E-state index in [9.17, 15) is 9.90 Å². The van der Waals surface area contributed by atoms with Crippen LogP contribution in [-0.4, -0.2) is 11.0 Å². The molecule has 2 N–H and O–H groups in total. The maximum absolute atomic E-state index is 12.8. The molecule has 0 aliphatic heterocycles. The molecular weight excluding hydrogens is 394 g/mol. The molecule has 4 rings (SSSR count). The number of hydrogen-bond acceptors (Lipinski definition) is 2. The first kappa shape index (κ1) is 19.9. The maximum atomic E-state index is 12.8. The molecule has 1 atom stereocenters. The van der Waals surface area contributed by atoms with Crippen LogP contribution in [0.1, 0.15) is 27.6 Å². The van der Waals surface area contributed by atoms with E-state index < -0.39 is 6.10 Å². The zero-order chi connectivity index (χ0) is 20.9. The summed E-state index contributed by atoms with van der Waals surface area (Å²) >= 11 is 6.15. The van der Waals surface area contributed by atoms with Gasteiger partial charge in [-0.1, -0.05) is 84.4 Å². The number of benzene rings is 4. The lowest BCUT2D eigenvalue weighted by Gasteiger charge is -2.17. The van der Waals surface area contributed by atoms with E-state index in [1.807, 2.05) is 72.8 Å². The fourth-order valence-corrected chi connectivity index (χ4v) is 3.51. The minimum absolute atomic E-state index is 0.251. The molecule has 0 saturated heterocycles. The SMILES string of the molecule is O=C(Nc1ccc(Cl)cc1C(O)c1ccccc1)c1ccc(-c2ccccc2)cc1. The quantitative estimate of drug-likeness (QED) is 0.401. The van der Waals surface area contributed by atoms with Crippen LogP contribution in [0.25, 0.3) is 11.1 Å². The first-order chi connectivity index (χ1) is 14.6. The van der Waals surface area contributed by atoms with Crippen LogP contribution in [0, 0.1) is 0 Å². The van der Waals surface area contributed by atoms with Crippen molar-refractivity contribution in [1.29, 1.82) is 0 Å². The minimum Gasteiger partial charge on any atom is -0.384 e. The molecule has 0 heterocycles. The third-order valence-electron chi connectivity index (χ3n) is 4.93. The van der Waals surface area contributed by atoms with Crippen molar-refractivity contribution in [3.63, 3.8) is 0 Å². The summed E-state index contributed by atoms with van der Waals surface area (Å²) in [5, 5.41) is 14.2. The van der Waals surface area contributed by atoms with Crippen LogP contribution in [0.5, 0.6) is 0 Å². The van der Waals surface area contributed by atoms with Gasteiger partial charge in [0, 0.05) is 21.8 Å². The fourth-order valence-electron chi connectivity index (χ4n) is 3.33. The summed E-state index contributed by atoms with van der Waals surface area (Å²) in [6, 6.07) is 31.8. The second-order valence-corrected chi connectivity index (χ2v) is 7.38. The minimum atomic E-state index is -0.902. The first-order valence-corrected chi connectivity index (χ1v) is 9.99. The maximum Gasteiger partial charge on any atom is 0.255 e. The molecule has 4 heteroatoms. The first-order valence-electron chi connectivity index (χ1n) is 9.61. The Bertz CT molecular complexity index is 1140. The van der Waals surface area contributed by atoms with Gasteiger partial charge in [-0.15, -0.1) is 0 Å². The molecule has 148 valence electrons. The second-order valence-electron chi connectivity index (χ2n) is 6.94. The van der Waals surface area contributed by atoms with E-state index in [1.54, 1.807) is 30.3 Å². The van der Waals surface area contributed by atoms with E-state index >= 15 is 0 Å². The van der Waals surface area contributed by atoms with E-state index in [4.69, 9.17) is 11.6 Å². The number of carbonyl (C=O) groups is 1. The average Bonchev–Trinajstić information content (AvgIpc) is 2.81. The van der Waals surface area contributed by atoms with E-state index in [1.165, 1.54) is 0 Å². The number of nitrogens with one attached hydrogen (secondary N) is 1. The number of carbonyl (C=O) groups excluding carboxylic acids is 1. The molecule has 0 radical (unpaired) electrons. The Labute approximate surface area is 180 Å². The highest BCUT2D eigenvalue weighted by Gasteiger charge is 2.17. The number of rotatable bonds is 5. The van der Waals surface area contributed by atoms with Gasteiger partial charge in [0.1, 0.15) is 6.10 Å². The lowest BCUT2D eigenvalue weighted by molar-refractivity contribution is 0.102. The summed E-state index contributed by atoms with van der Waals surface area (Å²) in [7, 11) is 0. The molecule has 4 aromatic rings. The Balaban J connectivity index is 1.58. The summed E-state index contributed by atoms with van der Waals surface area (Å²) < 4.78 is 0. The zero-order valence-corrected chi connectivity index (χ0v) is 16.9. The molecule has 0 aliphatic carbocycles. The third-order valence-corrected chi connectivity index (χ3v) is 5.16. The summed E-state index contributed by atoms with van der Waals surface area (Å²) in [4.78, 5) is 12.8. The Hall–Kier alpha value is -3.40. The van der Waals surface area contributed by atoms with Gasteiger partial charge < -0.3 is 10.4 Å². The Kier molecular flexibility index (Phi) is 5.94. The van der Waals surface area contributed by atoms with Crippen molar-refractivity contribution < 1.29 is 9.90 Å². The number of halogens is 1. The molecule has 0 fully saturated rings.